The zero-order chi connectivity index (χ0) is 12.4. The molecule has 0 unspecified atom stereocenters. The van der Waals surface area contributed by atoms with Gasteiger partial charge in [0, 0.05) is 33.8 Å². The first-order valence-corrected chi connectivity index (χ1v) is 6.67. The van der Waals surface area contributed by atoms with Crippen LogP contribution in [0.4, 0.5) is 0 Å². The van der Waals surface area contributed by atoms with E-state index in [0.717, 1.165) is 22.5 Å². The van der Waals surface area contributed by atoms with Crippen LogP contribution in [0.2, 0.25) is 0 Å². The first-order valence-electron chi connectivity index (χ1n) is 5.45. The molecule has 0 saturated carbocycles. The van der Waals surface area contributed by atoms with Gasteiger partial charge in [0.25, 0.3) is 0 Å². The Balaban J connectivity index is 2.25. The number of rotatable bonds is 3. The highest BCUT2D eigenvalue weighted by atomic mass is 32.2. The Morgan fingerprint density at radius 1 is 1.35 bits per heavy atom. The molecule has 3 heteroatoms. The highest BCUT2D eigenvalue weighted by molar-refractivity contribution is 7.98. The van der Waals surface area contributed by atoms with Crippen LogP contribution < -0.4 is 5.32 Å². The summed E-state index contributed by atoms with van der Waals surface area (Å²) in [6.07, 6.45) is 2.66. The molecule has 0 bridgehead atoms. The van der Waals surface area contributed by atoms with Crippen molar-refractivity contribution in [3.63, 3.8) is 0 Å². The van der Waals surface area contributed by atoms with Crippen molar-refractivity contribution in [1.82, 2.24) is 5.32 Å². The minimum atomic E-state index is 0.0984. The molecule has 0 fully saturated rings. The number of carbonyl (C=O) groups excluding carboxylic acids is 1. The number of ketones is 1. The number of thioether (sulfide) groups is 1. The zero-order valence-corrected chi connectivity index (χ0v) is 10.9. The van der Waals surface area contributed by atoms with Gasteiger partial charge in [0.05, 0.1) is 0 Å². The van der Waals surface area contributed by atoms with E-state index in [1.54, 1.807) is 11.8 Å². The van der Waals surface area contributed by atoms with E-state index in [1.807, 2.05) is 37.4 Å². The number of benzene rings is 1. The van der Waals surface area contributed by atoms with Crippen molar-refractivity contribution < 1.29 is 4.79 Å². The minimum absolute atomic E-state index is 0.0984. The van der Waals surface area contributed by atoms with Gasteiger partial charge in [0.1, 0.15) is 0 Å². The summed E-state index contributed by atoms with van der Waals surface area (Å²) in [5.74, 6) is 0.0984. The van der Waals surface area contributed by atoms with E-state index < -0.39 is 0 Å². The Morgan fingerprint density at radius 3 is 2.47 bits per heavy atom. The Morgan fingerprint density at radius 2 is 2.00 bits per heavy atom. The lowest BCUT2D eigenvalue weighted by Gasteiger charge is -2.03. The molecule has 1 aromatic rings. The van der Waals surface area contributed by atoms with E-state index in [9.17, 15) is 4.79 Å². The summed E-state index contributed by atoms with van der Waals surface area (Å²) in [5.41, 5.74) is 3.39. The van der Waals surface area contributed by atoms with Gasteiger partial charge >= 0.3 is 0 Å². The maximum absolute atomic E-state index is 12.3. The lowest BCUT2D eigenvalue weighted by molar-refractivity contribution is 0.103. The summed E-state index contributed by atoms with van der Waals surface area (Å²) < 4.78 is 0. The van der Waals surface area contributed by atoms with Crippen LogP contribution in [0.25, 0.3) is 0 Å². The van der Waals surface area contributed by atoms with Gasteiger partial charge in [-0.25, -0.2) is 0 Å². The van der Waals surface area contributed by atoms with Crippen LogP contribution in [0.15, 0.2) is 52.7 Å². The average Bonchev–Trinajstić information content (AvgIpc) is 2.68. The Kier molecular flexibility index (Phi) is 3.38. The number of hydrogen-bond donors (Lipinski definition) is 1. The second kappa shape index (κ2) is 4.80. The smallest absolute Gasteiger partial charge is 0.191 e. The first kappa shape index (κ1) is 12.0. The van der Waals surface area contributed by atoms with Crippen LogP contribution in [0.3, 0.4) is 0 Å². The predicted octanol–water partition coefficient (Wildman–Crippen LogP) is 3.37. The lowest BCUT2D eigenvalue weighted by atomic mass is 10.0. The number of hydrogen-bond acceptors (Lipinski definition) is 3. The van der Waals surface area contributed by atoms with Gasteiger partial charge in [0.15, 0.2) is 5.78 Å². The third-order valence-corrected chi connectivity index (χ3v) is 3.58. The first-order chi connectivity index (χ1) is 8.11. The topological polar surface area (TPSA) is 29.1 Å². The average molecular weight is 245 g/mol. The van der Waals surface area contributed by atoms with E-state index in [0.29, 0.717) is 6.42 Å². The standard InChI is InChI=1S/C14H15NOS/c1-9-8-13(10(2)15-9)14(16)11-4-6-12(17-3)7-5-11/h4-7,15H,1,8H2,2-3H3. The highest BCUT2D eigenvalue weighted by Crippen LogP contribution is 2.24. The molecule has 1 heterocycles. The van der Waals surface area contributed by atoms with Crippen molar-refractivity contribution in [2.24, 2.45) is 0 Å². The van der Waals surface area contributed by atoms with Crippen LogP contribution in [-0.4, -0.2) is 12.0 Å². The Hall–Kier alpha value is -1.48. The summed E-state index contributed by atoms with van der Waals surface area (Å²) in [6.45, 7) is 5.77. The normalized spacial score (nSPS) is 15.1. The number of nitrogens with one attached hydrogen (secondary N) is 1. The summed E-state index contributed by atoms with van der Waals surface area (Å²) in [5, 5.41) is 3.10. The van der Waals surface area contributed by atoms with E-state index in [-0.39, 0.29) is 5.78 Å². The van der Waals surface area contributed by atoms with Gasteiger partial charge < -0.3 is 5.32 Å². The largest absolute Gasteiger partial charge is 0.362 e. The molecular weight excluding hydrogens is 230 g/mol. The Labute approximate surface area is 106 Å². The van der Waals surface area contributed by atoms with Crippen molar-refractivity contribution in [1.29, 1.82) is 0 Å². The van der Waals surface area contributed by atoms with Gasteiger partial charge in [0.2, 0.25) is 0 Å². The van der Waals surface area contributed by atoms with E-state index in [2.05, 4.69) is 11.9 Å². The van der Waals surface area contributed by atoms with E-state index >= 15 is 0 Å². The van der Waals surface area contributed by atoms with Crippen LogP contribution in [0.5, 0.6) is 0 Å². The van der Waals surface area contributed by atoms with Crippen molar-refractivity contribution in [3.05, 3.63) is 53.4 Å². The molecule has 88 valence electrons. The second-order valence-electron chi connectivity index (χ2n) is 4.07. The van der Waals surface area contributed by atoms with Crippen molar-refractivity contribution in [2.75, 3.05) is 6.26 Å². The summed E-state index contributed by atoms with van der Waals surface area (Å²) in [7, 11) is 0. The number of carbonyl (C=O) groups is 1. The SMILES string of the molecule is C=C1CC(C(=O)c2ccc(SC)cc2)=C(C)N1. The molecule has 0 atom stereocenters. The molecule has 0 aromatic heterocycles. The summed E-state index contributed by atoms with van der Waals surface area (Å²) in [6, 6.07) is 7.72. The fourth-order valence-electron chi connectivity index (χ4n) is 1.90. The van der Waals surface area contributed by atoms with E-state index in [1.165, 1.54) is 4.90 Å². The molecule has 1 aliphatic heterocycles. The quantitative estimate of drug-likeness (QED) is 0.654. The third-order valence-electron chi connectivity index (χ3n) is 2.83. The van der Waals surface area contributed by atoms with Gasteiger partial charge in [-0.15, -0.1) is 11.8 Å². The molecule has 2 nitrogen and oxygen atoms in total. The molecular formula is C14H15NOS. The Bertz CT molecular complexity index is 499. The van der Waals surface area contributed by atoms with Gasteiger partial charge in [-0.3, -0.25) is 4.79 Å². The molecule has 1 N–H and O–H groups in total. The van der Waals surface area contributed by atoms with Crippen molar-refractivity contribution >= 4 is 17.5 Å². The van der Waals surface area contributed by atoms with E-state index in [4.69, 9.17) is 0 Å². The van der Waals surface area contributed by atoms with Crippen LogP contribution in [0, 0.1) is 0 Å². The molecule has 0 aliphatic carbocycles. The molecule has 2 rings (SSSR count). The lowest BCUT2D eigenvalue weighted by Crippen LogP contribution is -2.04. The molecule has 0 saturated heterocycles. The van der Waals surface area contributed by atoms with Gasteiger partial charge in [-0.05, 0) is 37.4 Å². The van der Waals surface area contributed by atoms with Crippen LogP contribution in [0.1, 0.15) is 23.7 Å². The number of Topliss-reactive ketones (excluding diaryl/α,β-unsaturated/α-hetero) is 1. The second-order valence-corrected chi connectivity index (χ2v) is 4.95. The van der Waals surface area contributed by atoms with Gasteiger partial charge in [-0.1, -0.05) is 6.58 Å². The molecule has 0 amide bonds. The highest BCUT2D eigenvalue weighted by Gasteiger charge is 2.21. The summed E-state index contributed by atoms with van der Waals surface area (Å²) >= 11 is 1.67. The molecule has 17 heavy (non-hydrogen) atoms. The monoisotopic (exact) mass is 245 g/mol. The van der Waals surface area contributed by atoms with Crippen molar-refractivity contribution in [2.45, 2.75) is 18.2 Å². The summed E-state index contributed by atoms with van der Waals surface area (Å²) in [4.78, 5) is 13.4. The minimum Gasteiger partial charge on any atom is -0.362 e. The van der Waals surface area contributed by atoms with Crippen LogP contribution >= 0.6 is 11.8 Å². The van der Waals surface area contributed by atoms with Crippen LogP contribution in [-0.2, 0) is 0 Å². The van der Waals surface area contributed by atoms with Crippen molar-refractivity contribution in [3.8, 4) is 0 Å². The maximum atomic E-state index is 12.3. The third kappa shape index (κ3) is 2.44. The van der Waals surface area contributed by atoms with Gasteiger partial charge in [-0.2, -0.15) is 0 Å². The molecule has 0 radical (unpaired) electrons. The maximum Gasteiger partial charge on any atom is 0.191 e. The fourth-order valence-corrected chi connectivity index (χ4v) is 2.31. The molecule has 1 aromatic carbocycles. The fraction of sp³-hybridized carbons (Fsp3) is 0.214. The predicted molar refractivity (Wildman–Crippen MR) is 72.1 cm³/mol. The number of allylic oxidation sites excluding steroid dienone is 2. The zero-order valence-electron chi connectivity index (χ0n) is 10.0. The molecule has 1 aliphatic rings. The molecule has 0 spiro atoms.